The molecular weight excluding hydrogens is 562 g/mol. The second-order valence-electron chi connectivity index (χ2n) is 14.3. The summed E-state index contributed by atoms with van der Waals surface area (Å²) >= 11 is 0. The van der Waals surface area contributed by atoms with Crippen molar-refractivity contribution in [1.82, 2.24) is 14.9 Å². The fourth-order valence-electron chi connectivity index (χ4n) is 8.08. The van der Waals surface area contributed by atoms with Crippen molar-refractivity contribution in [2.75, 3.05) is 13.7 Å². The Morgan fingerprint density at radius 3 is 2.55 bits per heavy atom. The van der Waals surface area contributed by atoms with Gasteiger partial charge in [-0.05, 0) is 73.8 Å². The molecule has 4 aliphatic rings. The molecule has 1 N–H and O–H groups in total. The Balaban J connectivity index is 1.34. The maximum atomic E-state index is 14.1. The highest BCUT2D eigenvalue weighted by atomic mass is 16.5. The summed E-state index contributed by atoms with van der Waals surface area (Å²) in [7, 11) is 1.60. The monoisotopic (exact) mass is 607 g/mol. The lowest BCUT2D eigenvalue weighted by Gasteiger charge is -2.35. The first-order chi connectivity index (χ1) is 21.0. The van der Waals surface area contributed by atoms with E-state index in [9.17, 15) is 19.5 Å². The molecule has 1 amide bonds. The van der Waals surface area contributed by atoms with Crippen LogP contribution in [0, 0.1) is 29.1 Å². The average Bonchev–Trinajstić information content (AvgIpc) is 3.70. The van der Waals surface area contributed by atoms with Crippen LogP contribution >= 0.6 is 0 Å². The van der Waals surface area contributed by atoms with Gasteiger partial charge in [0.2, 0.25) is 11.8 Å². The Bertz CT molecular complexity index is 1420. The minimum absolute atomic E-state index is 0.0700. The average molecular weight is 608 g/mol. The predicted octanol–water partition coefficient (Wildman–Crippen LogP) is 5.20. The molecule has 4 bridgehead atoms. The zero-order valence-corrected chi connectivity index (χ0v) is 26.3. The normalized spacial score (nSPS) is 31.5. The minimum Gasteiger partial charge on any atom is -0.497 e. The maximum absolute atomic E-state index is 14.1. The molecule has 2 aliphatic carbocycles. The highest BCUT2D eigenvalue weighted by molar-refractivity contribution is 5.89. The smallest absolute Gasteiger partial charge is 0.326 e. The van der Waals surface area contributed by atoms with Gasteiger partial charge in [-0.2, -0.15) is 0 Å². The van der Waals surface area contributed by atoms with Crippen LogP contribution < -0.4 is 9.47 Å². The summed E-state index contributed by atoms with van der Waals surface area (Å²) in [4.78, 5) is 51.1. The SMILES string of the molecule is COc1ccc2nc3c(nc2c1)O[C@@H]1C[C@@H](C(=O)O)N(C1)C(=O)[C@H](C(C)(C)C)CC(=O)O[C@@H]1[C@H]2CC[C@H](C2)[C@H]1CCCCC3. The van der Waals surface area contributed by atoms with Gasteiger partial charge in [-0.3, -0.25) is 9.59 Å². The van der Waals surface area contributed by atoms with E-state index in [1.807, 2.05) is 32.9 Å². The van der Waals surface area contributed by atoms with Gasteiger partial charge in [-0.1, -0.05) is 33.6 Å². The number of hydrogen-bond donors (Lipinski definition) is 1. The summed E-state index contributed by atoms with van der Waals surface area (Å²) in [5, 5.41) is 10.2. The van der Waals surface area contributed by atoms with Crippen molar-refractivity contribution in [2.45, 2.75) is 103 Å². The Hall–Kier alpha value is -3.43. The molecule has 0 unspecified atom stereocenters. The first-order valence-corrected chi connectivity index (χ1v) is 16.3. The number of carboxylic acids is 1. The molecule has 10 heteroatoms. The van der Waals surface area contributed by atoms with Crippen molar-refractivity contribution in [1.29, 1.82) is 0 Å². The van der Waals surface area contributed by atoms with Crippen molar-refractivity contribution < 1.29 is 33.7 Å². The summed E-state index contributed by atoms with van der Waals surface area (Å²) < 4.78 is 18.0. The third kappa shape index (κ3) is 6.09. The largest absolute Gasteiger partial charge is 0.497 e. The number of benzene rings is 1. The van der Waals surface area contributed by atoms with Gasteiger partial charge in [0.15, 0.2) is 0 Å². The van der Waals surface area contributed by atoms with E-state index >= 15 is 0 Å². The first-order valence-electron chi connectivity index (χ1n) is 16.3. The number of ether oxygens (including phenoxy) is 3. The molecule has 44 heavy (non-hydrogen) atoms. The summed E-state index contributed by atoms with van der Waals surface area (Å²) in [5.41, 5.74) is 1.52. The third-order valence-corrected chi connectivity index (χ3v) is 10.5. The molecule has 3 fully saturated rings. The van der Waals surface area contributed by atoms with Crippen molar-refractivity contribution in [3.63, 3.8) is 0 Å². The number of aromatic nitrogens is 2. The highest BCUT2D eigenvalue weighted by Gasteiger charge is 2.50. The Morgan fingerprint density at radius 1 is 1.00 bits per heavy atom. The van der Waals surface area contributed by atoms with Gasteiger partial charge in [0.05, 0.1) is 37.0 Å². The van der Waals surface area contributed by atoms with E-state index in [2.05, 4.69) is 0 Å². The van der Waals surface area contributed by atoms with Crippen LogP contribution in [-0.2, 0) is 25.5 Å². The van der Waals surface area contributed by atoms with E-state index in [4.69, 9.17) is 24.2 Å². The molecule has 6 rings (SSSR count). The Kier molecular flexibility index (Phi) is 8.46. The molecule has 2 aromatic rings. The van der Waals surface area contributed by atoms with E-state index in [1.54, 1.807) is 13.2 Å². The van der Waals surface area contributed by atoms with Crippen LogP contribution in [-0.4, -0.2) is 69.7 Å². The fraction of sp³-hybridized carbons (Fsp3) is 0.676. The number of methoxy groups -OCH3 is 1. The van der Waals surface area contributed by atoms with Crippen LogP contribution in [0.3, 0.4) is 0 Å². The molecule has 1 aromatic heterocycles. The van der Waals surface area contributed by atoms with E-state index in [0.29, 0.717) is 41.3 Å². The van der Waals surface area contributed by atoms with Crippen molar-refractivity contribution in [3.05, 3.63) is 23.9 Å². The number of nitrogens with zero attached hydrogens (tertiary/aromatic N) is 3. The lowest BCUT2D eigenvalue weighted by Crippen LogP contribution is -2.47. The number of aryl methyl sites for hydroxylation is 1. The molecule has 2 aliphatic heterocycles. The van der Waals surface area contributed by atoms with Crippen molar-refractivity contribution in [3.8, 4) is 11.6 Å². The third-order valence-electron chi connectivity index (χ3n) is 10.5. The number of esters is 1. The zero-order valence-electron chi connectivity index (χ0n) is 26.3. The van der Waals surface area contributed by atoms with Gasteiger partial charge in [-0.25, -0.2) is 14.8 Å². The summed E-state index contributed by atoms with van der Waals surface area (Å²) in [6.45, 7) is 5.84. The van der Waals surface area contributed by atoms with Gasteiger partial charge in [0, 0.05) is 12.5 Å². The van der Waals surface area contributed by atoms with Gasteiger partial charge >= 0.3 is 11.9 Å². The Labute approximate surface area is 258 Å². The molecule has 0 radical (unpaired) electrons. The van der Waals surface area contributed by atoms with Crippen LogP contribution in [0.15, 0.2) is 18.2 Å². The van der Waals surface area contributed by atoms with Gasteiger partial charge in [0.1, 0.15) is 29.7 Å². The van der Waals surface area contributed by atoms with Crippen LogP contribution in [0.1, 0.15) is 84.3 Å². The zero-order chi connectivity index (χ0) is 31.2. The first kappa shape index (κ1) is 30.6. The second-order valence-corrected chi connectivity index (χ2v) is 14.3. The van der Waals surface area contributed by atoms with Crippen molar-refractivity contribution >= 4 is 28.9 Å². The number of hydrogen-bond acceptors (Lipinski definition) is 8. The fourth-order valence-corrected chi connectivity index (χ4v) is 8.08. The summed E-state index contributed by atoms with van der Waals surface area (Å²) in [6, 6.07) is 4.48. The molecular formula is C34H45N3O7. The molecule has 0 spiro atoms. The van der Waals surface area contributed by atoms with E-state index in [0.717, 1.165) is 49.7 Å². The van der Waals surface area contributed by atoms with E-state index in [-0.39, 0.29) is 37.4 Å². The number of carboxylic acid groups (broad SMARTS) is 1. The molecule has 10 nitrogen and oxygen atoms in total. The molecule has 1 aromatic carbocycles. The number of aliphatic carboxylic acids is 1. The van der Waals surface area contributed by atoms with Gasteiger partial charge in [-0.15, -0.1) is 0 Å². The molecule has 238 valence electrons. The number of rotatable bonds is 2. The van der Waals surface area contributed by atoms with Crippen molar-refractivity contribution in [2.24, 2.45) is 29.1 Å². The minimum atomic E-state index is -1.09. The quantitative estimate of drug-likeness (QED) is 0.458. The molecule has 1 saturated heterocycles. The van der Waals surface area contributed by atoms with Gasteiger partial charge < -0.3 is 24.2 Å². The van der Waals surface area contributed by atoms with Crippen LogP contribution in [0.25, 0.3) is 11.0 Å². The summed E-state index contributed by atoms with van der Waals surface area (Å²) in [6.07, 6.45) is 7.39. The number of carbonyl (C=O) groups is 3. The highest BCUT2D eigenvalue weighted by Crippen LogP contribution is 2.52. The van der Waals surface area contributed by atoms with E-state index < -0.39 is 29.4 Å². The number of fused-ring (bicyclic) bond motifs is 9. The molecule has 2 saturated carbocycles. The van der Waals surface area contributed by atoms with Crippen LogP contribution in [0.4, 0.5) is 0 Å². The Morgan fingerprint density at radius 2 is 1.80 bits per heavy atom. The lowest BCUT2D eigenvalue weighted by atomic mass is 9.77. The van der Waals surface area contributed by atoms with Crippen LogP contribution in [0.5, 0.6) is 11.6 Å². The molecule has 3 heterocycles. The summed E-state index contributed by atoms with van der Waals surface area (Å²) in [5.74, 6) is -0.165. The van der Waals surface area contributed by atoms with Crippen LogP contribution in [0.2, 0.25) is 0 Å². The maximum Gasteiger partial charge on any atom is 0.326 e. The second kappa shape index (κ2) is 12.2. The van der Waals surface area contributed by atoms with Gasteiger partial charge in [0.25, 0.3) is 0 Å². The predicted molar refractivity (Wildman–Crippen MR) is 162 cm³/mol. The topological polar surface area (TPSA) is 128 Å². The standard InChI is InChI=1S/C34H45N3O7/c1-34(2,3)24-17-29(38)44-30-20-11-10-19(14-20)23(30)8-6-5-7-9-26-31(36-27-15-21(42-4)12-13-25(27)35-26)43-22-16-28(33(40)41)37(18-22)32(24)39/h12-13,15,19-20,22-24,28,30H,5-11,14,16-18H2,1-4H3,(H,40,41)/t19-,20+,22-,23-,24-,28+,30-/m1/s1. The number of carbonyl (C=O) groups excluding carboxylic acids is 2. The lowest BCUT2D eigenvalue weighted by molar-refractivity contribution is -0.161. The number of amides is 1. The van der Waals surface area contributed by atoms with E-state index in [1.165, 1.54) is 11.3 Å². The molecule has 7 atom stereocenters.